The van der Waals surface area contributed by atoms with Crippen LogP contribution in [-0.4, -0.2) is 36.7 Å². The van der Waals surface area contributed by atoms with Gasteiger partial charge in [-0.05, 0) is 32.0 Å². The molecule has 3 atom stereocenters. The van der Waals surface area contributed by atoms with E-state index in [1.165, 1.54) is 6.07 Å². The summed E-state index contributed by atoms with van der Waals surface area (Å²) in [6, 6.07) is 3.19. The summed E-state index contributed by atoms with van der Waals surface area (Å²) in [5, 5.41) is 0. The highest BCUT2D eigenvalue weighted by atomic mass is 19.1. The van der Waals surface area contributed by atoms with Gasteiger partial charge in [-0.15, -0.1) is 0 Å². The molecule has 0 radical (unpaired) electrons. The molecule has 0 bridgehead atoms. The number of rotatable bonds is 3. The fourth-order valence-corrected chi connectivity index (χ4v) is 2.71. The van der Waals surface area contributed by atoms with E-state index in [-0.39, 0.29) is 24.8 Å². The summed E-state index contributed by atoms with van der Waals surface area (Å²) in [7, 11) is 0. The van der Waals surface area contributed by atoms with Crippen LogP contribution in [0.15, 0.2) is 18.2 Å². The number of morpholine rings is 1. The van der Waals surface area contributed by atoms with Crippen LogP contribution in [0.1, 0.15) is 25.5 Å². The van der Waals surface area contributed by atoms with E-state index in [1.807, 2.05) is 13.8 Å². The Morgan fingerprint density at radius 1 is 1.32 bits per heavy atom. The summed E-state index contributed by atoms with van der Waals surface area (Å²) in [5.74, 6) is -0.854. The van der Waals surface area contributed by atoms with Gasteiger partial charge in [0.05, 0.1) is 18.2 Å². The van der Waals surface area contributed by atoms with Gasteiger partial charge in [0.2, 0.25) is 0 Å². The van der Waals surface area contributed by atoms with Gasteiger partial charge in [0, 0.05) is 25.2 Å². The molecule has 0 amide bonds. The Bertz CT molecular complexity index is 431. The number of halogens is 2. The lowest BCUT2D eigenvalue weighted by atomic mass is 10.0. The maximum Gasteiger partial charge on any atom is 0.128 e. The van der Waals surface area contributed by atoms with E-state index in [2.05, 4.69) is 4.90 Å². The van der Waals surface area contributed by atoms with Crippen LogP contribution in [0.3, 0.4) is 0 Å². The maximum atomic E-state index is 13.9. The minimum absolute atomic E-state index is 0.0643. The summed E-state index contributed by atoms with van der Waals surface area (Å²) >= 11 is 0. The minimum Gasteiger partial charge on any atom is -0.373 e. The Balaban J connectivity index is 2.26. The number of nitrogens with two attached hydrogens (primary N) is 1. The van der Waals surface area contributed by atoms with Gasteiger partial charge in [0.15, 0.2) is 0 Å². The molecule has 1 heterocycles. The Hall–Kier alpha value is -1.04. The molecule has 1 saturated heterocycles. The van der Waals surface area contributed by atoms with Crippen LogP contribution in [0.4, 0.5) is 8.78 Å². The summed E-state index contributed by atoms with van der Waals surface area (Å²) in [4.78, 5) is 2.07. The van der Waals surface area contributed by atoms with Crippen molar-refractivity contribution in [3.05, 3.63) is 35.4 Å². The van der Waals surface area contributed by atoms with Crippen molar-refractivity contribution in [2.45, 2.75) is 32.1 Å². The maximum absolute atomic E-state index is 13.9. The molecular formula is C14H20F2N2O. The first kappa shape index (κ1) is 14.4. The van der Waals surface area contributed by atoms with E-state index >= 15 is 0 Å². The van der Waals surface area contributed by atoms with Crippen molar-refractivity contribution in [3.8, 4) is 0 Å². The van der Waals surface area contributed by atoms with Gasteiger partial charge in [0.25, 0.3) is 0 Å². The molecule has 106 valence electrons. The second kappa shape index (κ2) is 5.94. The van der Waals surface area contributed by atoms with E-state index in [9.17, 15) is 8.78 Å². The van der Waals surface area contributed by atoms with Crippen LogP contribution >= 0.6 is 0 Å². The van der Waals surface area contributed by atoms with Gasteiger partial charge in [-0.3, -0.25) is 4.90 Å². The van der Waals surface area contributed by atoms with Gasteiger partial charge < -0.3 is 10.5 Å². The minimum atomic E-state index is -0.441. The summed E-state index contributed by atoms with van der Waals surface area (Å²) in [6.07, 6.45) is 0.129. The molecule has 0 aromatic heterocycles. The molecule has 1 fully saturated rings. The summed E-state index contributed by atoms with van der Waals surface area (Å²) in [6.45, 7) is 5.53. The molecule has 2 N–H and O–H groups in total. The van der Waals surface area contributed by atoms with Crippen molar-refractivity contribution < 1.29 is 13.5 Å². The molecule has 0 spiro atoms. The average molecular weight is 270 g/mol. The number of hydrogen-bond acceptors (Lipinski definition) is 3. The summed E-state index contributed by atoms with van der Waals surface area (Å²) in [5.41, 5.74) is 6.10. The van der Waals surface area contributed by atoms with E-state index < -0.39 is 11.6 Å². The Kier molecular flexibility index (Phi) is 4.50. The molecule has 1 aromatic carbocycles. The third-order valence-corrected chi connectivity index (χ3v) is 3.43. The first-order valence-electron chi connectivity index (χ1n) is 6.55. The van der Waals surface area contributed by atoms with Gasteiger partial charge >= 0.3 is 0 Å². The van der Waals surface area contributed by atoms with Crippen LogP contribution in [0.2, 0.25) is 0 Å². The second-order valence-corrected chi connectivity index (χ2v) is 5.13. The number of nitrogens with zero attached hydrogens (tertiary/aromatic N) is 1. The largest absolute Gasteiger partial charge is 0.373 e. The monoisotopic (exact) mass is 270 g/mol. The molecule has 0 aliphatic carbocycles. The quantitative estimate of drug-likeness (QED) is 0.914. The molecule has 1 aliphatic heterocycles. The molecule has 1 aromatic rings. The number of benzene rings is 1. The highest BCUT2D eigenvalue weighted by Crippen LogP contribution is 2.26. The first-order valence-corrected chi connectivity index (χ1v) is 6.55. The third kappa shape index (κ3) is 3.29. The predicted molar refractivity (Wildman–Crippen MR) is 69.7 cm³/mol. The molecule has 0 saturated carbocycles. The summed E-state index contributed by atoms with van der Waals surface area (Å²) < 4.78 is 32.8. The fraction of sp³-hybridized carbons (Fsp3) is 0.571. The van der Waals surface area contributed by atoms with Gasteiger partial charge in [-0.1, -0.05) is 0 Å². The molecule has 19 heavy (non-hydrogen) atoms. The van der Waals surface area contributed by atoms with E-state index in [0.29, 0.717) is 18.7 Å². The third-order valence-electron chi connectivity index (χ3n) is 3.43. The lowest BCUT2D eigenvalue weighted by molar-refractivity contribution is -0.0802. The van der Waals surface area contributed by atoms with E-state index in [0.717, 1.165) is 12.1 Å². The average Bonchev–Trinajstić information content (AvgIpc) is 2.33. The lowest BCUT2D eigenvalue weighted by Crippen LogP contribution is -2.48. The van der Waals surface area contributed by atoms with Gasteiger partial charge in [-0.25, -0.2) is 8.78 Å². The highest BCUT2D eigenvalue weighted by Gasteiger charge is 2.29. The van der Waals surface area contributed by atoms with Crippen molar-refractivity contribution in [2.75, 3.05) is 19.6 Å². The standard InChI is InChI=1S/C14H20F2N2O/c1-9-7-18(8-10(2)19-9)14(6-17)12-5-11(15)3-4-13(12)16/h3-5,9-10,14H,6-8,17H2,1-2H3/t9-,10+,14?. The zero-order chi connectivity index (χ0) is 14.0. The van der Waals surface area contributed by atoms with Crippen molar-refractivity contribution in [3.63, 3.8) is 0 Å². The molecule has 1 aliphatic rings. The van der Waals surface area contributed by atoms with Crippen molar-refractivity contribution in [1.82, 2.24) is 4.90 Å². The Labute approximate surface area is 112 Å². The molecule has 1 unspecified atom stereocenters. The van der Waals surface area contributed by atoms with Gasteiger partial charge in [0.1, 0.15) is 11.6 Å². The van der Waals surface area contributed by atoms with Crippen LogP contribution in [0, 0.1) is 11.6 Å². The zero-order valence-electron chi connectivity index (χ0n) is 11.3. The second-order valence-electron chi connectivity index (χ2n) is 5.13. The molecular weight excluding hydrogens is 250 g/mol. The van der Waals surface area contributed by atoms with Crippen LogP contribution in [-0.2, 0) is 4.74 Å². The fourth-order valence-electron chi connectivity index (χ4n) is 2.71. The first-order chi connectivity index (χ1) is 9.01. The molecule has 3 nitrogen and oxygen atoms in total. The topological polar surface area (TPSA) is 38.5 Å². The number of hydrogen-bond donors (Lipinski definition) is 1. The lowest BCUT2D eigenvalue weighted by Gasteiger charge is -2.40. The zero-order valence-corrected chi connectivity index (χ0v) is 11.3. The normalized spacial score (nSPS) is 26.4. The van der Waals surface area contributed by atoms with Crippen molar-refractivity contribution in [1.29, 1.82) is 0 Å². The van der Waals surface area contributed by atoms with Crippen molar-refractivity contribution in [2.24, 2.45) is 5.73 Å². The van der Waals surface area contributed by atoms with Gasteiger partial charge in [-0.2, -0.15) is 0 Å². The van der Waals surface area contributed by atoms with E-state index in [1.54, 1.807) is 0 Å². The molecule has 2 rings (SSSR count). The van der Waals surface area contributed by atoms with Crippen molar-refractivity contribution >= 4 is 0 Å². The Morgan fingerprint density at radius 3 is 2.53 bits per heavy atom. The smallest absolute Gasteiger partial charge is 0.128 e. The van der Waals surface area contributed by atoms with E-state index in [4.69, 9.17) is 10.5 Å². The van der Waals surface area contributed by atoms with Crippen LogP contribution < -0.4 is 5.73 Å². The number of ether oxygens (including phenoxy) is 1. The Morgan fingerprint density at radius 2 is 1.95 bits per heavy atom. The van der Waals surface area contributed by atoms with Crippen LogP contribution in [0.25, 0.3) is 0 Å². The highest BCUT2D eigenvalue weighted by molar-refractivity contribution is 5.23. The SMILES string of the molecule is C[C@@H]1CN(C(CN)c2cc(F)ccc2F)C[C@H](C)O1. The van der Waals surface area contributed by atoms with Crippen LogP contribution in [0.5, 0.6) is 0 Å². The predicted octanol–water partition coefficient (Wildman–Crippen LogP) is 2.07. The molecule has 5 heteroatoms.